The molecule has 5 heterocycles. The Balaban J connectivity index is 0.000000827. The van der Waals surface area contributed by atoms with Crippen molar-refractivity contribution in [2.45, 2.75) is 291 Å². The Morgan fingerprint density at radius 2 is 0.493 bits per heavy atom. The number of likely N-dealkylation sites (N-methyl/N-ethyl adjacent to an activating group) is 1. The van der Waals surface area contributed by atoms with Crippen LogP contribution in [0.2, 0.25) is 0 Å². The quantitative estimate of drug-likeness (QED) is 0.239. The first-order valence-corrected chi connectivity index (χ1v) is 31.0. The molecule has 0 aromatic rings. The first-order chi connectivity index (χ1) is 33.0. The smallest absolute Gasteiger partial charge is 0.0594 e. The summed E-state index contributed by atoms with van der Waals surface area (Å²) in [6.45, 7) is 65.5. The summed E-state index contributed by atoms with van der Waals surface area (Å²) in [5.74, 6) is 2.95. The zero-order valence-corrected chi connectivity index (χ0v) is 54.0. The molecule has 7 rings (SSSR count). The molecule has 7 fully saturated rings. The van der Waals surface area contributed by atoms with E-state index in [1.165, 1.54) is 181 Å². The molecule has 0 bridgehead atoms. The van der Waals surface area contributed by atoms with Crippen molar-refractivity contribution in [3.05, 3.63) is 0 Å². The van der Waals surface area contributed by atoms with Gasteiger partial charge in [-0.2, -0.15) is 0 Å². The minimum Gasteiger partial charge on any atom is -0.379 e. The fourth-order valence-corrected chi connectivity index (χ4v) is 11.7. The van der Waals surface area contributed by atoms with Gasteiger partial charge in [0.2, 0.25) is 0 Å². The molecule has 0 aromatic carbocycles. The molecule has 0 unspecified atom stereocenters. The molecule has 5 aliphatic heterocycles. The van der Waals surface area contributed by atoms with Gasteiger partial charge in [-0.15, -0.1) is 0 Å². The second-order valence-corrected chi connectivity index (χ2v) is 31.0. The van der Waals surface area contributed by atoms with Crippen LogP contribution in [0.5, 0.6) is 0 Å². The second-order valence-electron chi connectivity index (χ2n) is 31.0. The van der Waals surface area contributed by atoms with Crippen LogP contribution in [0.1, 0.15) is 268 Å². The third kappa shape index (κ3) is 33.7. The van der Waals surface area contributed by atoms with Gasteiger partial charge in [0.25, 0.3) is 0 Å². The Labute approximate surface area is 462 Å². The predicted molar refractivity (Wildman–Crippen MR) is 330 cm³/mol. The molecular weight excluding hydrogens is 893 g/mol. The van der Waals surface area contributed by atoms with Gasteiger partial charge in [-0.1, -0.05) is 121 Å². The van der Waals surface area contributed by atoms with Crippen molar-refractivity contribution in [2.24, 2.45) is 34.0 Å². The van der Waals surface area contributed by atoms with Gasteiger partial charge in [0.1, 0.15) is 0 Å². The Bertz CT molecular complexity index is 1090. The summed E-state index contributed by atoms with van der Waals surface area (Å²) >= 11 is 0. The van der Waals surface area contributed by atoms with E-state index in [-0.39, 0.29) is 7.43 Å². The van der Waals surface area contributed by atoms with Crippen LogP contribution >= 0.6 is 0 Å². The molecule has 0 atom stereocenters. The lowest BCUT2D eigenvalue weighted by Crippen LogP contribution is -2.52. The van der Waals surface area contributed by atoms with E-state index in [1.54, 1.807) is 0 Å². The topological polar surface area (TPSA) is 28.7 Å². The molecular formula is C66H140N6O. The minimum absolute atomic E-state index is 0. The highest BCUT2D eigenvalue weighted by Crippen LogP contribution is 2.38. The Morgan fingerprint density at radius 3 is 0.726 bits per heavy atom. The van der Waals surface area contributed by atoms with Crippen molar-refractivity contribution in [3.63, 3.8) is 0 Å². The normalized spacial score (nSPS) is 23.1. The van der Waals surface area contributed by atoms with E-state index in [2.05, 4.69) is 189 Å². The lowest BCUT2D eigenvalue weighted by molar-refractivity contribution is -0.00389. The van der Waals surface area contributed by atoms with Gasteiger partial charge in [0, 0.05) is 61.4 Å². The van der Waals surface area contributed by atoms with Gasteiger partial charge in [-0.05, 0) is 235 Å². The summed E-state index contributed by atoms with van der Waals surface area (Å²) in [6.07, 6.45) is 26.0. The summed E-state index contributed by atoms with van der Waals surface area (Å²) in [6, 6.07) is 0. The molecule has 7 nitrogen and oxygen atoms in total. The van der Waals surface area contributed by atoms with Crippen LogP contribution in [0.25, 0.3) is 0 Å². The maximum Gasteiger partial charge on any atom is 0.0594 e. The number of piperidine rings is 3. The van der Waals surface area contributed by atoms with E-state index in [0.717, 1.165) is 44.1 Å². The van der Waals surface area contributed by atoms with Crippen LogP contribution in [0, 0.1) is 34.0 Å². The number of rotatable bonds is 0. The lowest BCUT2D eigenvalue weighted by Gasteiger charge is -2.41. The monoisotopic (exact) mass is 1030 g/mol. The maximum absolute atomic E-state index is 5.25. The fraction of sp³-hybridized carbons (Fsp3) is 1.00. The SMILES string of the molecule is C.CC(C)(C)C1CCCCC1.CC(C)(C)C1CCCCC1.CC(C)(C)N1CCCCC1.CC(C)(C)N1CCCCC1.CC(C)(C)N1CCOCC1.CN1CCC(C(C)(C)C)CC1.CN1CCN(C(C)(C)C)CC1. The third-order valence-electron chi connectivity index (χ3n) is 17.6. The van der Waals surface area contributed by atoms with Crippen molar-refractivity contribution >= 4 is 0 Å². The highest BCUT2D eigenvalue weighted by Gasteiger charge is 2.30. The molecule has 7 heteroatoms. The van der Waals surface area contributed by atoms with Crippen molar-refractivity contribution in [1.29, 1.82) is 0 Å². The summed E-state index contributed by atoms with van der Waals surface area (Å²) in [7, 11) is 4.42. The van der Waals surface area contributed by atoms with Crippen LogP contribution in [0.3, 0.4) is 0 Å². The van der Waals surface area contributed by atoms with E-state index >= 15 is 0 Å². The first kappa shape index (κ1) is 72.7. The predicted octanol–water partition coefficient (Wildman–Crippen LogP) is 16.9. The molecule has 0 radical (unpaired) electrons. The maximum atomic E-state index is 5.25. The molecule has 0 amide bonds. The van der Waals surface area contributed by atoms with Crippen LogP contribution < -0.4 is 0 Å². The van der Waals surface area contributed by atoms with Crippen molar-refractivity contribution in [1.82, 2.24) is 29.4 Å². The highest BCUT2D eigenvalue weighted by molar-refractivity contribution is 4.83. The largest absolute Gasteiger partial charge is 0.379 e. The number of hydrogen-bond donors (Lipinski definition) is 0. The Morgan fingerprint density at radius 1 is 0.260 bits per heavy atom. The average Bonchev–Trinajstić information content (AvgIpc) is 3.30. The van der Waals surface area contributed by atoms with E-state index in [4.69, 9.17) is 4.74 Å². The first-order valence-electron chi connectivity index (χ1n) is 31.0. The zero-order chi connectivity index (χ0) is 55.0. The van der Waals surface area contributed by atoms with Crippen molar-refractivity contribution in [2.75, 3.05) is 106 Å². The molecule has 7 aliphatic rings. The van der Waals surface area contributed by atoms with Gasteiger partial charge in [0.15, 0.2) is 0 Å². The van der Waals surface area contributed by atoms with Crippen LogP contribution in [0.4, 0.5) is 0 Å². The van der Waals surface area contributed by atoms with Gasteiger partial charge in [-0.25, -0.2) is 0 Å². The summed E-state index contributed by atoms with van der Waals surface area (Å²) in [5.41, 5.74) is 3.16. The summed E-state index contributed by atoms with van der Waals surface area (Å²) in [5, 5.41) is 0. The van der Waals surface area contributed by atoms with Gasteiger partial charge in [0.05, 0.1) is 13.2 Å². The van der Waals surface area contributed by atoms with Crippen LogP contribution in [0.15, 0.2) is 0 Å². The molecule has 0 spiro atoms. The number of likely N-dealkylation sites (tertiary alicyclic amines) is 3. The summed E-state index contributed by atoms with van der Waals surface area (Å²) < 4.78 is 5.25. The number of nitrogens with zero attached hydrogens (tertiary/aromatic N) is 6. The van der Waals surface area contributed by atoms with Gasteiger partial charge in [-0.3, -0.25) is 19.6 Å². The van der Waals surface area contributed by atoms with Gasteiger partial charge >= 0.3 is 0 Å². The van der Waals surface area contributed by atoms with Crippen molar-refractivity contribution < 1.29 is 4.74 Å². The van der Waals surface area contributed by atoms with E-state index < -0.39 is 0 Å². The Hall–Kier alpha value is -0.280. The molecule has 5 saturated heterocycles. The van der Waals surface area contributed by atoms with Crippen LogP contribution in [-0.4, -0.2) is 157 Å². The van der Waals surface area contributed by atoms with E-state index in [0.29, 0.717) is 38.4 Å². The Kier molecular flexibility index (Phi) is 34.5. The minimum atomic E-state index is 0. The van der Waals surface area contributed by atoms with E-state index in [1.807, 2.05) is 0 Å². The van der Waals surface area contributed by atoms with E-state index in [9.17, 15) is 0 Å². The molecule has 0 N–H and O–H groups in total. The molecule has 2 saturated carbocycles. The number of morpholine rings is 1. The van der Waals surface area contributed by atoms with Crippen molar-refractivity contribution in [3.8, 4) is 0 Å². The lowest BCUT2D eigenvalue weighted by atomic mass is 9.72. The number of piperazine rings is 1. The molecule has 0 aromatic heterocycles. The molecule has 440 valence electrons. The standard InChI is InChI=1S/C10H21N.2C10H20.C9H20N2.2C9H19N.C8H17NO.CH4/c1-10(2,3)9-5-7-11(4)8-6-9;2*1-10(2,3)9-7-5-4-6-8-9;1-9(2,3)11-7-5-10(4)6-8-11;2*1-9(2,3)10-7-5-4-6-8-10;1-8(2,3)9-4-6-10-7-5-9;/h9H,5-8H2,1-4H3;2*9H,4-8H2,1-3H3;5-8H2,1-4H3;2*4-8H2,1-3H3;4-7H2,1-3H3;1H4. The summed E-state index contributed by atoms with van der Waals surface area (Å²) in [4.78, 5) is 15.0. The second kappa shape index (κ2) is 34.7. The average molecular weight is 1030 g/mol. The number of ether oxygens (including phenoxy) is 1. The fourth-order valence-electron chi connectivity index (χ4n) is 11.7. The number of hydrogen-bond acceptors (Lipinski definition) is 7. The van der Waals surface area contributed by atoms with Gasteiger partial charge < -0.3 is 14.5 Å². The highest BCUT2D eigenvalue weighted by atomic mass is 16.5. The molecule has 2 aliphatic carbocycles. The molecule has 73 heavy (non-hydrogen) atoms. The third-order valence-corrected chi connectivity index (χ3v) is 17.6. The zero-order valence-electron chi connectivity index (χ0n) is 54.0. The van der Waals surface area contributed by atoms with Crippen LogP contribution in [-0.2, 0) is 4.74 Å².